The van der Waals surface area contributed by atoms with Crippen LogP contribution in [0.2, 0.25) is 0 Å². The van der Waals surface area contributed by atoms with Crippen LogP contribution < -0.4 is 4.74 Å². The van der Waals surface area contributed by atoms with Crippen molar-refractivity contribution in [2.45, 2.75) is 6.92 Å². The van der Waals surface area contributed by atoms with E-state index >= 15 is 0 Å². The predicted octanol–water partition coefficient (Wildman–Crippen LogP) is 2.28. The summed E-state index contributed by atoms with van der Waals surface area (Å²) in [6.07, 6.45) is 0. The summed E-state index contributed by atoms with van der Waals surface area (Å²) < 4.78 is 5.91. The number of aliphatic carboxylic acids is 1. The Kier molecular flexibility index (Phi) is 3.11. The standard InChI is InChI=1S/C7H7BrO3S/c1-4-5(8)2-7(12-4)11-3-6(9)10/h2H,3H2,1H3,(H,9,10). The molecule has 5 heteroatoms. The molecule has 0 aliphatic rings. The molecule has 3 nitrogen and oxygen atoms in total. The minimum absolute atomic E-state index is 0.285. The Hall–Kier alpha value is -0.550. The van der Waals surface area contributed by atoms with E-state index in [0.29, 0.717) is 5.06 Å². The van der Waals surface area contributed by atoms with E-state index < -0.39 is 5.97 Å². The number of hydrogen-bond acceptors (Lipinski definition) is 3. The number of thiophene rings is 1. The molecule has 0 bridgehead atoms. The van der Waals surface area contributed by atoms with Crippen molar-refractivity contribution in [3.05, 3.63) is 15.4 Å². The lowest BCUT2D eigenvalue weighted by Gasteiger charge is -1.96. The summed E-state index contributed by atoms with van der Waals surface area (Å²) in [6.45, 7) is 1.65. The smallest absolute Gasteiger partial charge is 0.341 e. The molecule has 0 aromatic carbocycles. The molecule has 1 aromatic rings. The molecular formula is C7H7BrO3S. The van der Waals surface area contributed by atoms with E-state index in [4.69, 9.17) is 9.84 Å². The van der Waals surface area contributed by atoms with Crippen molar-refractivity contribution in [3.8, 4) is 5.06 Å². The number of rotatable bonds is 3. The SMILES string of the molecule is Cc1sc(OCC(=O)O)cc1Br. The molecule has 0 aliphatic heterocycles. The molecular weight excluding hydrogens is 244 g/mol. The van der Waals surface area contributed by atoms with Crippen molar-refractivity contribution < 1.29 is 14.6 Å². The summed E-state index contributed by atoms with van der Waals surface area (Å²) in [5.74, 6) is -0.961. The summed E-state index contributed by atoms with van der Waals surface area (Å²) in [6, 6.07) is 1.77. The van der Waals surface area contributed by atoms with Crippen molar-refractivity contribution in [1.29, 1.82) is 0 Å². The third-order valence-electron chi connectivity index (χ3n) is 1.17. The maximum absolute atomic E-state index is 10.1. The van der Waals surface area contributed by atoms with Gasteiger partial charge in [-0.15, -0.1) is 11.3 Å². The lowest BCUT2D eigenvalue weighted by molar-refractivity contribution is -0.139. The van der Waals surface area contributed by atoms with Gasteiger partial charge in [-0.2, -0.15) is 0 Å². The highest BCUT2D eigenvalue weighted by atomic mass is 79.9. The number of ether oxygens (including phenoxy) is 1. The number of aryl methyl sites for hydroxylation is 1. The lowest BCUT2D eigenvalue weighted by Crippen LogP contribution is -2.08. The fourth-order valence-corrected chi connectivity index (χ4v) is 1.99. The topological polar surface area (TPSA) is 46.5 Å². The van der Waals surface area contributed by atoms with Gasteiger partial charge < -0.3 is 9.84 Å². The second kappa shape index (κ2) is 3.91. The number of hydrogen-bond donors (Lipinski definition) is 1. The van der Waals surface area contributed by atoms with Crippen LogP contribution in [0.1, 0.15) is 4.88 Å². The van der Waals surface area contributed by atoms with Crippen molar-refractivity contribution in [2.24, 2.45) is 0 Å². The number of carboxylic acids is 1. The highest BCUT2D eigenvalue weighted by Gasteiger charge is 2.04. The molecule has 1 N–H and O–H groups in total. The van der Waals surface area contributed by atoms with Gasteiger partial charge in [0.05, 0.1) is 0 Å². The third kappa shape index (κ3) is 2.49. The zero-order valence-electron chi connectivity index (χ0n) is 6.33. The minimum Gasteiger partial charge on any atom is -0.479 e. The second-order valence-corrected chi connectivity index (χ2v) is 4.23. The molecule has 0 amide bonds. The maximum Gasteiger partial charge on any atom is 0.341 e. The van der Waals surface area contributed by atoms with Crippen molar-refractivity contribution >= 4 is 33.2 Å². The lowest BCUT2D eigenvalue weighted by atomic mass is 10.5. The van der Waals surface area contributed by atoms with Crippen LogP contribution in [-0.2, 0) is 4.79 Å². The molecule has 0 radical (unpaired) electrons. The van der Waals surface area contributed by atoms with Crippen molar-refractivity contribution in [1.82, 2.24) is 0 Å². The number of carbonyl (C=O) groups is 1. The highest BCUT2D eigenvalue weighted by molar-refractivity contribution is 9.10. The molecule has 0 saturated carbocycles. The van der Waals surface area contributed by atoms with Gasteiger partial charge in [0.2, 0.25) is 0 Å². The fourth-order valence-electron chi connectivity index (χ4n) is 0.638. The summed E-state index contributed by atoms with van der Waals surface area (Å²) in [7, 11) is 0. The first-order valence-corrected chi connectivity index (χ1v) is 4.81. The molecule has 1 heterocycles. The summed E-state index contributed by atoms with van der Waals surface area (Å²) in [5, 5.41) is 8.95. The first kappa shape index (κ1) is 9.54. The van der Waals surface area contributed by atoms with Gasteiger partial charge in [0.25, 0.3) is 0 Å². The monoisotopic (exact) mass is 250 g/mol. The van der Waals surface area contributed by atoms with Crippen LogP contribution in [0.25, 0.3) is 0 Å². The Morgan fingerprint density at radius 3 is 2.92 bits per heavy atom. The van der Waals surface area contributed by atoms with E-state index in [1.165, 1.54) is 11.3 Å². The van der Waals surface area contributed by atoms with Gasteiger partial charge in [0.15, 0.2) is 11.7 Å². The van der Waals surface area contributed by atoms with Gasteiger partial charge in [-0.3, -0.25) is 0 Å². The largest absolute Gasteiger partial charge is 0.479 e. The predicted molar refractivity (Wildman–Crippen MR) is 49.9 cm³/mol. The van der Waals surface area contributed by atoms with E-state index in [0.717, 1.165) is 9.35 Å². The molecule has 0 saturated heterocycles. The van der Waals surface area contributed by atoms with Crippen molar-refractivity contribution in [3.63, 3.8) is 0 Å². The Labute approximate surface area is 82.1 Å². The van der Waals surface area contributed by atoms with Crippen LogP contribution in [0.5, 0.6) is 5.06 Å². The average molecular weight is 251 g/mol. The maximum atomic E-state index is 10.1. The normalized spacial score (nSPS) is 9.83. The summed E-state index contributed by atoms with van der Waals surface area (Å²) >= 11 is 4.73. The number of carboxylic acid groups (broad SMARTS) is 1. The van der Waals surface area contributed by atoms with Gasteiger partial charge >= 0.3 is 5.97 Å². The van der Waals surface area contributed by atoms with E-state index in [2.05, 4.69) is 15.9 Å². The molecule has 1 aromatic heterocycles. The molecule has 12 heavy (non-hydrogen) atoms. The van der Waals surface area contributed by atoms with Gasteiger partial charge in [0.1, 0.15) is 0 Å². The van der Waals surface area contributed by atoms with Crippen LogP contribution in [0, 0.1) is 6.92 Å². The van der Waals surface area contributed by atoms with Crippen LogP contribution in [0.15, 0.2) is 10.5 Å². The number of halogens is 1. The molecule has 0 aliphatic carbocycles. The van der Waals surface area contributed by atoms with E-state index in [9.17, 15) is 4.79 Å². The van der Waals surface area contributed by atoms with Gasteiger partial charge in [-0.05, 0) is 22.9 Å². The Morgan fingerprint density at radius 1 is 1.83 bits per heavy atom. The zero-order chi connectivity index (χ0) is 9.14. The zero-order valence-corrected chi connectivity index (χ0v) is 8.74. The summed E-state index contributed by atoms with van der Waals surface area (Å²) in [4.78, 5) is 11.2. The van der Waals surface area contributed by atoms with E-state index in [1.54, 1.807) is 6.07 Å². The molecule has 0 unspecified atom stereocenters. The first-order valence-electron chi connectivity index (χ1n) is 3.20. The first-order chi connectivity index (χ1) is 5.59. The molecule has 0 spiro atoms. The molecule has 0 atom stereocenters. The van der Waals surface area contributed by atoms with E-state index in [1.807, 2.05) is 6.92 Å². The van der Waals surface area contributed by atoms with Crippen LogP contribution in [-0.4, -0.2) is 17.7 Å². The Morgan fingerprint density at radius 2 is 2.50 bits per heavy atom. The fraction of sp³-hybridized carbons (Fsp3) is 0.286. The highest BCUT2D eigenvalue weighted by Crippen LogP contribution is 2.31. The minimum atomic E-state index is -0.961. The van der Waals surface area contributed by atoms with Crippen LogP contribution in [0.3, 0.4) is 0 Å². The van der Waals surface area contributed by atoms with Crippen LogP contribution in [0.4, 0.5) is 0 Å². The van der Waals surface area contributed by atoms with Crippen LogP contribution >= 0.6 is 27.3 Å². The van der Waals surface area contributed by atoms with Gasteiger partial charge in [0, 0.05) is 15.4 Å². The summed E-state index contributed by atoms with van der Waals surface area (Å²) in [5.41, 5.74) is 0. The Bertz CT molecular complexity index is 275. The molecule has 1 rings (SSSR count). The van der Waals surface area contributed by atoms with Crippen molar-refractivity contribution in [2.75, 3.05) is 6.61 Å². The second-order valence-electron chi connectivity index (χ2n) is 2.15. The quantitative estimate of drug-likeness (QED) is 0.896. The molecule has 0 fully saturated rings. The van der Waals surface area contributed by atoms with Gasteiger partial charge in [-0.1, -0.05) is 0 Å². The van der Waals surface area contributed by atoms with Gasteiger partial charge in [-0.25, -0.2) is 4.79 Å². The molecule has 66 valence electrons. The Balaban J connectivity index is 2.58. The average Bonchev–Trinajstić information content (AvgIpc) is 2.28. The third-order valence-corrected chi connectivity index (χ3v) is 3.22. The van der Waals surface area contributed by atoms with E-state index in [-0.39, 0.29) is 6.61 Å².